The van der Waals surface area contributed by atoms with Gasteiger partial charge in [0.1, 0.15) is 12.1 Å². The second-order valence-electron chi connectivity index (χ2n) is 6.31. The monoisotopic (exact) mass is 414 g/mol. The minimum atomic E-state index is -0.514. The highest BCUT2D eigenvalue weighted by Crippen LogP contribution is 2.34. The number of unbranched alkanes of at least 4 members (excludes halogenated alkanes) is 1. The lowest BCUT2D eigenvalue weighted by atomic mass is 10.3. The van der Waals surface area contributed by atoms with Crippen LogP contribution in [0.25, 0.3) is 0 Å². The van der Waals surface area contributed by atoms with Gasteiger partial charge in [0.25, 0.3) is 0 Å². The number of aromatic nitrogens is 3. The van der Waals surface area contributed by atoms with E-state index in [4.69, 9.17) is 4.74 Å². The third kappa shape index (κ3) is 5.17. The van der Waals surface area contributed by atoms with E-state index >= 15 is 0 Å². The van der Waals surface area contributed by atoms with Crippen LogP contribution in [0.5, 0.6) is 5.75 Å². The van der Waals surface area contributed by atoms with Gasteiger partial charge in [0, 0.05) is 10.6 Å². The maximum atomic E-state index is 11.7. The Morgan fingerprint density at radius 1 is 1.14 bits per heavy atom. The summed E-state index contributed by atoms with van der Waals surface area (Å²) in [6.07, 6.45) is 3.32. The van der Waals surface area contributed by atoms with Gasteiger partial charge in [0.05, 0.1) is 17.2 Å². The zero-order chi connectivity index (χ0) is 20.8. The lowest BCUT2D eigenvalue weighted by Gasteiger charge is -2.10. The minimum Gasteiger partial charge on any atom is -0.494 e. The van der Waals surface area contributed by atoms with Crippen LogP contribution in [0.2, 0.25) is 0 Å². The summed E-state index contributed by atoms with van der Waals surface area (Å²) in [7, 11) is 0. The van der Waals surface area contributed by atoms with Gasteiger partial charge in [-0.3, -0.25) is 10.1 Å². The average molecular weight is 414 g/mol. The third-order valence-corrected chi connectivity index (χ3v) is 5.13. The Kier molecular flexibility index (Phi) is 6.55. The molecule has 0 aliphatic heterocycles. The minimum absolute atomic E-state index is 0.0840. The second kappa shape index (κ2) is 9.28. The molecular weight excluding hydrogens is 392 g/mol. The van der Waals surface area contributed by atoms with E-state index in [1.807, 2.05) is 26.0 Å². The summed E-state index contributed by atoms with van der Waals surface area (Å²) >= 11 is 1.41. The Hall–Kier alpha value is -3.27. The zero-order valence-corrected chi connectivity index (χ0v) is 17.2. The first kappa shape index (κ1) is 20.5. The van der Waals surface area contributed by atoms with Crippen LogP contribution in [0.15, 0.2) is 30.6 Å². The molecule has 10 heteroatoms. The van der Waals surface area contributed by atoms with E-state index in [1.165, 1.54) is 17.7 Å². The summed E-state index contributed by atoms with van der Waals surface area (Å²) < 4.78 is 5.63. The SMILES string of the molecule is CCCCOc1ccc(Nc2ncnc(Nc3nc(C)c(C)s3)c2[N+](=O)[O-])cc1. The molecule has 0 unspecified atom stereocenters. The van der Waals surface area contributed by atoms with Gasteiger partial charge in [0.2, 0.25) is 11.6 Å². The molecule has 0 aliphatic rings. The van der Waals surface area contributed by atoms with E-state index in [0.717, 1.165) is 29.2 Å². The van der Waals surface area contributed by atoms with Crippen molar-refractivity contribution < 1.29 is 9.66 Å². The van der Waals surface area contributed by atoms with E-state index < -0.39 is 4.92 Å². The fourth-order valence-electron chi connectivity index (χ4n) is 2.47. The first-order valence-corrected chi connectivity index (χ1v) is 10.00. The first-order chi connectivity index (χ1) is 14.0. The molecule has 2 aromatic heterocycles. The van der Waals surface area contributed by atoms with Crippen LogP contribution in [-0.2, 0) is 0 Å². The molecule has 0 bridgehead atoms. The Morgan fingerprint density at radius 3 is 2.41 bits per heavy atom. The van der Waals surface area contributed by atoms with Crippen LogP contribution in [0.1, 0.15) is 30.3 Å². The first-order valence-electron chi connectivity index (χ1n) is 9.18. The van der Waals surface area contributed by atoms with Gasteiger partial charge in [-0.05, 0) is 44.5 Å². The predicted octanol–water partition coefficient (Wildman–Crippen LogP) is 5.12. The van der Waals surface area contributed by atoms with Crippen molar-refractivity contribution in [3.8, 4) is 5.75 Å². The van der Waals surface area contributed by atoms with E-state index in [-0.39, 0.29) is 17.3 Å². The van der Waals surface area contributed by atoms with Gasteiger partial charge in [-0.25, -0.2) is 15.0 Å². The van der Waals surface area contributed by atoms with Crippen molar-refractivity contribution in [3.63, 3.8) is 0 Å². The number of nitrogens with one attached hydrogen (secondary N) is 2. The molecule has 0 amide bonds. The van der Waals surface area contributed by atoms with E-state index in [0.29, 0.717) is 17.4 Å². The largest absolute Gasteiger partial charge is 0.494 e. The summed E-state index contributed by atoms with van der Waals surface area (Å²) in [6.45, 7) is 6.58. The molecule has 0 spiro atoms. The lowest BCUT2D eigenvalue weighted by Crippen LogP contribution is -2.05. The molecule has 9 nitrogen and oxygen atoms in total. The van der Waals surface area contributed by atoms with Gasteiger partial charge in [-0.15, -0.1) is 11.3 Å². The number of thiazole rings is 1. The Bertz CT molecular complexity index is 971. The van der Waals surface area contributed by atoms with Crippen LogP contribution >= 0.6 is 11.3 Å². The number of benzene rings is 1. The van der Waals surface area contributed by atoms with Crippen molar-refractivity contribution in [1.29, 1.82) is 0 Å². The molecule has 3 rings (SSSR count). The molecule has 2 heterocycles. The summed E-state index contributed by atoms with van der Waals surface area (Å²) in [4.78, 5) is 24.7. The molecule has 0 saturated heterocycles. The quantitative estimate of drug-likeness (QED) is 0.281. The van der Waals surface area contributed by atoms with Gasteiger partial charge in [-0.1, -0.05) is 13.3 Å². The summed E-state index contributed by atoms with van der Waals surface area (Å²) in [5.41, 5.74) is 1.27. The molecule has 0 aliphatic carbocycles. The van der Waals surface area contributed by atoms with E-state index in [2.05, 4.69) is 32.5 Å². The van der Waals surface area contributed by atoms with Crippen LogP contribution < -0.4 is 15.4 Å². The third-order valence-electron chi connectivity index (χ3n) is 4.14. The number of nitro groups is 1. The highest BCUT2D eigenvalue weighted by Gasteiger charge is 2.24. The van der Waals surface area contributed by atoms with Gasteiger partial charge < -0.3 is 15.4 Å². The summed E-state index contributed by atoms with van der Waals surface area (Å²) in [5.74, 6) is 0.927. The number of hydrogen-bond donors (Lipinski definition) is 2. The molecule has 1 aromatic carbocycles. The summed E-state index contributed by atoms with van der Waals surface area (Å²) in [6, 6.07) is 7.19. The summed E-state index contributed by atoms with van der Waals surface area (Å²) in [5, 5.41) is 18.2. The lowest BCUT2D eigenvalue weighted by molar-refractivity contribution is -0.383. The molecule has 3 aromatic rings. The number of anilines is 4. The van der Waals surface area contributed by atoms with Crippen molar-refractivity contribution in [2.24, 2.45) is 0 Å². The molecule has 0 atom stereocenters. The highest BCUT2D eigenvalue weighted by atomic mass is 32.1. The van der Waals surface area contributed by atoms with Crippen molar-refractivity contribution in [2.75, 3.05) is 17.2 Å². The standard InChI is InChI=1S/C19H22N6O3S/c1-4-5-10-28-15-8-6-14(7-9-15)23-17-16(25(26)27)18(21-11-20-17)24-19-22-12(2)13(3)29-19/h6-9,11H,4-5,10H2,1-3H3,(H2,20,21,22,23,24). The normalized spacial score (nSPS) is 10.6. The molecule has 0 radical (unpaired) electrons. The van der Waals surface area contributed by atoms with Crippen LogP contribution in [0.4, 0.5) is 28.1 Å². The zero-order valence-electron chi connectivity index (χ0n) is 16.4. The Balaban J connectivity index is 1.81. The molecule has 29 heavy (non-hydrogen) atoms. The smallest absolute Gasteiger partial charge is 0.353 e. The number of nitrogens with zero attached hydrogens (tertiary/aromatic N) is 4. The van der Waals surface area contributed by atoms with Crippen LogP contribution in [0, 0.1) is 24.0 Å². The van der Waals surface area contributed by atoms with Gasteiger partial charge >= 0.3 is 5.69 Å². The molecule has 2 N–H and O–H groups in total. The molecular formula is C19H22N6O3S. The Morgan fingerprint density at radius 2 is 1.83 bits per heavy atom. The fraction of sp³-hybridized carbons (Fsp3) is 0.316. The second-order valence-corrected chi connectivity index (χ2v) is 7.52. The fourth-order valence-corrected chi connectivity index (χ4v) is 3.28. The maximum Gasteiger partial charge on any atom is 0.353 e. The topological polar surface area (TPSA) is 115 Å². The van der Waals surface area contributed by atoms with E-state index in [9.17, 15) is 10.1 Å². The Labute approximate surface area is 172 Å². The van der Waals surface area contributed by atoms with Crippen LogP contribution in [-0.4, -0.2) is 26.5 Å². The van der Waals surface area contributed by atoms with Crippen molar-refractivity contribution in [2.45, 2.75) is 33.6 Å². The molecule has 152 valence electrons. The molecule has 0 fully saturated rings. The number of ether oxygens (including phenoxy) is 1. The van der Waals surface area contributed by atoms with Crippen molar-refractivity contribution in [3.05, 3.63) is 51.3 Å². The maximum absolute atomic E-state index is 11.7. The predicted molar refractivity (Wildman–Crippen MR) is 114 cm³/mol. The van der Waals surface area contributed by atoms with Crippen molar-refractivity contribution >= 4 is 39.5 Å². The van der Waals surface area contributed by atoms with Gasteiger partial charge in [-0.2, -0.15) is 0 Å². The van der Waals surface area contributed by atoms with Gasteiger partial charge in [0.15, 0.2) is 5.13 Å². The van der Waals surface area contributed by atoms with Crippen molar-refractivity contribution in [1.82, 2.24) is 15.0 Å². The molecule has 0 saturated carbocycles. The van der Waals surface area contributed by atoms with Crippen LogP contribution in [0.3, 0.4) is 0 Å². The number of rotatable bonds is 9. The number of hydrogen-bond acceptors (Lipinski definition) is 9. The highest BCUT2D eigenvalue weighted by molar-refractivity contribution is 7.15. The average Bonchev–Trinajstić information content (AvgIpc) is 3.00. The number of aryl methyl sites for hydroxylation is 2. The van der Waals surface area contributed by atoms with E-state index in [1.54, 1.807) is 12.1 Å².